The van der Waals surface area contributed by atoms with Gasteiger partial charge in [0.1, 0.15) is 5.75 Å². The third-order valence-electron chi connectivity index (χ3n) is 4.05. The van der Waals surface area contributed by atoms with Crippen LogP contribution in [0.25, 0.3) is 0 Å². The largest absolute Gasteiger partial charge is 0.483 e. The van der Waals surface area contributed by atoms with Crippen LogP contribution in [0, 0.1) is 5.92 Å². The van der Waals surface area contributed by atoms with Crippen molar-refractivity contribution in [1.82, 2.24) is 5.32 Å². The molecule has 20 heavy (non-hydrogen) atoms. The van der Waals surface area contributed by atoms with Crippen molar-refractivity contribution in [3.05, 3.63) is 29.8 Å². The van der Waals surface area contributed by atoms with Crippen molar-refractivity contribution >= 4 is 5.91 Å². The Bertz CT molecular complexity index is 442. The molecule has 3 N–H and O–H groups in total. The number of ether oxygens (including phenoxy) is 1. The number of benzene rings is 1. The highest BCUT2D eigenvalue weighted by Gasteiger charge is 2.22. The Labute approximate surface area is 120 Å². The molecule has 4 nitrogen and oxygen atoms in total. The van der Waals surface area contributed by atoms with Crippen molar-refractivity contribution in [2.45, 2.75) is 45.2 Å². The van der Waals surface area contributed by atoms with Crippen LogP contribution in [0.2, 0.25) is 0 Å². The third-order valence-corrected chi connectivity index (χ3v) is 4.05. The molecule has 0 saturated heterocycles. The number of carbonyl (C=O) groups is 1. The first-order chi connectivity index (χ1) is 9.70. The van der Waals surface area contributed by atoms with Crippen LogP contribution in [0.5, 0.6) is 5.75 Å². The SMILES string of the molecule is CC(NC(=O)COc1ccccc1CN)C1CCCC1. The molecule has 0 bridgehead atoms. The number of nitrogens with one attached hydrogen (secondary N) is 1. The number of hydrogen-bond donors (Lipinski definition) is 2. The molecule has 1 unspecified atom stereocenters. The lowest BCUT2D eigenvalue weighted by atomic mass is 10.00. The Balaban J connectivity index is 1.79. The second kappa shape index (κ2) is 7.29. The molecule has 110 valence electrons. The van der Waals surface area contributed by atoms with Crippen molar-refractivity contribution in [3.63, 3.8) is 0 Å². The molecule has 1 atom stereocenters. The van der Waals surface area contributed by atoms with E-state index < -0.39 is 0 Å². The topological polar surface area (TPSA) is 64.3 Å². The highest BCUT2D eigenvalue weighted by atomic mass is 16.5. The van der Waals surface area contributed by atoms with Crippen LogP contribution in [0.4, 0.5) is 0 Å². The Kier molecular flexibility index (Phi) is 5.41. The molecule has 1 aliphatic rings. The fraction of sp³-hybridized carbons (Fsp3) is 0.562. The first-order valence-electron chi connectivity index (χ1n) is 7.41. The van der Waals surface area contributed by atoms with E-state index in [1.165, 1.54) is 25.7 Å². The molecule has 0 aromatic heterocycles. The predicted molar refractivity (Wildman–Crippen MR) is 79.4 cm³/mol. The van der Waals surface area contributed by atoms with Crippen LogP contribution in [0.15, 0.2) is 24.3 Å². The molecule has 2 rings (SSSR count). The Hall–Kier alpha value is -1.55. The molecule has 1 amide bonds. The number of carbonyl (C=O) groups excluding carboxylic acids is 1. The smallest absolute Gasteiger partial charge is 0.258 e. The number of rotatable bonds is 6. The van der Waals surface area contributed by atoms with E-state index in [9.17, 15) is 4.79 Å². The molecule has 0 spiro atoms. The van der Waals surface area contributed by atoms with Gasteiger partial charge in [-0.05, 0) is 31.7 Å². The maximum Gasteiger partial charge on any atom is 0.258 e. The van der Waals surface area contributed by atoms with Gasteiger partial charge in [-0.25, -0.2) is 0 Å². The summed E-state index contributed by atoms with van der Waals surface area (Å²) in [5, 5.41) is 3.03. The summed E-state index contributed by atoms with van der Waals surface area (Å²) in [6, 6.07) is 7.79. The van der Waals surface area contributed by atoms with Crippen LogP contribution >= 0.6 is 0 Å². The average molecular weight is 276 g/mol. The van der Waals surface area contributed by atoms with Crippen LogP contribution in [0.3, 0.4) is 0 Å². The minimum Gasteiger partial charge on any atom is -0.483 e. The first-order valence-corrected chi connectivity index (χ1v) is 7.41. The number of amides is 1. The summed E-state index contributed by atoms with van der Waals surface area (Å²) < 4.78 is 5.56. The summed E-state index contributed by atoms with van der Waals surface area (Å²) in [6.07, 6.45) is 5.01. The Morgan fingerprint density at radius 1 is 1.40 bits per heavy atom. The van der Waals surface area contributed by atoms with Gasteiger partial charge in [-0.3, -0.25) is 4.79 Å². The van der Waals surface area contributed by atoms with E-state index >= 15 is 0 Å². The molecule has 1 aromatic rings. The van der Waals surface area contributed by atoms with Crippen LogP contribution in [-0.4, -0.2) is 18.6 Å². The standard InChI is InChI=1S/C16H24N2O2/c1-12(13-6-2-3-7-13)18-16(19)11-20-15-9-5-4-8-14(15)10-17/h4-5,8-9,12-13H,2-3,6-7,10-11,17H2,1H3,(H,18,19). The van der Waals surface area contributed by atoms with Crippen LogP contribution in [-0.2, 0) is 11.3 Å². The minimum atomic E-state index is -0.0591. The average Bonchev–Trinajstić information content (AvgIpc) is 2.99. The summed E-state index contributed by atoms with van der Waals surface area (Å²) in [7, 11) is 0. The van der Waals surface area contributed by atoms with Gasteiger partial charge in [-0.2, -0.15) is 0 Å². The van der Waals surface area contributed by atoms with E-state index in [2.05, 4.69) is 12.2 Å². The van der Waals surface area contributed by atoms with Gasteiger partial charge in [0.15, 0.2) is 6.61 Å². The van der Waals surface area contributed by atoms with Crippen molar-refractivity contribution < 1.29 is 9.53 Å². The van der Waals surface area contributed by atoms with Gasteiger partial charge in [0, 0.05) is 18.2 Å². The lowest BCUT2D eigenvalue weighted by molar-refractivity contribution is -0.124. The molecular weight excluding hydrogens is 252 g/mol. The summed E-state index contributed by atoms with van der Waals surface area (Å²) in [6.45, 7) is 2.55. The second-order valence-corrected chi connectivity index (χ2v) is 5.50. The lowest BCUT2D eigenvalue weighted by Gasteiger charge is -2.20. The van der Waals surface area contributed by atoms with E-state index in [0.29, 0.717) is 18.2 Å². The fourth-order valence-corrected chi connectivity index (χ4v) is 2.83. The Morgan fingerprint density at radius 2 is 2.10 bits per heavy atom. The molecule has 1 aromatic carbocycles. The molecular formula is C16H24N2O2. The zero-order valence-electron chi connectivity index (χ0n) is 12.1. The second-order valence-electron chi connectivity index (χ2n) is 5.50. The monoisotopic (exact) mass is 276 g/mol. The summed E-state index contributed by atoms with van der Waals surface area (Å²) in [5.41, 5.74) is 6.56. The molecule has 0 radical (unpaired) electrons. The first kappa shape index (κ1) is 14.9. The third kappa shape index (κ3) is 3.97. The van der Waals surface area contributed by atoms with E-state index in [0.717, 1.165) is 5.56 Å². The summed E-state index contributed by atoms with van der Waals surface area (Å²) in [4.78, 5) is 11.9. The van der Waals surface area contributed by atoms with Crippen molar-refractivity contribution in [2.75, 3.05) is 6.61 Å². The van der Waals surface area contributed by atoms with Gasteiger partial charge in [0.2, 0.25) is 0 Å². The zero-order chi connectivity index (χ0) is 14.4. The molecule has 1 aliphatic carbocycles. The zero-order valence-corrected chi connectivity index (χ0v) is 12.1. The van der Waals surface area contributed by atoms with Gasteiger partial charge >= 0.3 is 0 Å². The van der Waals surface area contributed by atoms with E-state index in [4.69, 9.17) is 10.5 Å². The summed E-state index contributed by atoms with van der Waals surface area (Å²) >= 11 is 0. The molecule has 0 heterocycles. The van der Waals surface area contributed by atoms with Gasteiger partial charge in [0.25, 0.3) is 5.91 Å². The lowest BCUT2D eigenvalue weighted by Crippen LogP contribution is -2.39. The van der Waals surface area contributed by atoms with Crippen molar-refractivity contribution in [3.8, 4) is 5.75 Å². The maximum absolute atomic E-state index is 11.9. The summed E-state index contributed by atoms with van der Waals surface area (Å²) in [5.74, 6) is 1.25. The molecule has 0 aliphatic heterocycles. The van der Waals surface area contributed by atoms with Crippen molar-refractivity contribution in [1.29, 1.82) is 0 Å². The van der Waals surface area contributed by atoms with Gasteiger partial charge < -0.3 is 15.8 Å². The van der Waals surface area contributed by atoms with Gasteiger partial charge in [0.05, 0.1) is 0 Å². The quantitative estimate of drug-likeness (QED) is 0.837. The normalized spacial score (nSPS) is 16.9. The van der Waals surface area contributed by atoms with Crippen molar-refractivity contribution in [2.24, 2.45) is 11.7 Å². The molecule has 1 saturated carbocycles. The highest BCUT2D eigenvalue weighted by molar-refractivity contribution is 5.77. The van der Waals surface area contributed by atoms with E-state index in [-0.39, 0.29) is 18.6 Å². The van der Waals surface area contributed by atoms with Crippen LogP contribution < -0.4 is 15.8 Å². The maximum atomic E-state index is 11.9. The van der Waals surface area contributed by atoms with Gasteiger partial charge in [-0.15, -0.1) is 0 Å². The minimum absolute atomic E-state index is 0.0497. The number of para-hydroxylation sites is 1. The van der Waals surface area contributed by atoms with E-state index in [1.54, 1.807) is 0 Å². The highest BCUT2D eigenvalue weighted by Crippen LogP contribution is 2.27. The van der Waals surface area contributed by atoms with E-state index in [1.807, 2.05) is 24.3 Å². The molecule has 4 heteroatoms. The predicted octanol–water partition coefficient (Wildman–Crippen LogP) is 2.22. The number of hydrogen-bond acceptors (Lipinski definition) is 3. The molecule has 1 fully saturated rings. The fourth-order valence-electron chi connectivity index (χ4n) is 2.83. The number of nitrogens with two attached hydrogens (primary N) is 1. The van der Waals surface area contributed by atoms with Gasteiger partial charge in [-0.1, -0.05) is 31.0 Å². The van der Waals surface area contributed by atoms with Crippen LogP contribution in [0.1, 0.15) is 38.2 Å². The Morgan fingerprint density at radius 3 is 2.80 bits per heavy atom.